The molecule has 0 bridgehead atoms. The van der Waals surface area contributed by atoms with Crippen molar-refractivity contribution in [3.8, 4) is 33.4 Å². The molecule has 0 atom stereocenters. The Bertz CT molecular complexity index is 2360. The van der Waals surface area contributed by atoms with E-state index in [9.17, 15) is 0 Å². The molecule has 51 heavy (non-hydrogen) atoms. The lowest BCUT2D eigenvalue weighted by Gasteiger charge is -2.22. The molecule has 0 N–H and O–H groups in total. The first-order valence-electron chi connectivity index (χ1n) is 17.6. The van der Waals surface area contributed by atoms with Crippen molar-refractivity contribution >= 4 is 47.7 Å². The van der Waals surface area contributed by atoms with Crippen molar-refractivity contribution in [3.63, 3.8) is 0 Å². The van der Waals surface area contributed by atoms with Crippen molar-refractivity contribution in [2.75, 3.05) is 0 Å². The molecule has 0 saturated heterocycles. The monoisotopic (exact) mass is 686 g/mol. The molecular weight excluding hydrogens is 650 g/mol. The molecule has 242 valence electrons. The maximum absolute atomic E-state index is 2.48. The van der Waals surface area contributed by atoms with Gasteiger partial charge in [-0.2, -0.15) is 0 Å². The van der Waals surface area contributed by atoms with Crippen molar-refractivity contribution in [1.82, 2.24) is 0 Å². The zero-order valence-corrected chi connectivity index (χ0v) is 30.0. The van der Waals surface area contributed by atoms with Gasteiger partial charge in [-0.25, -0.2) is 0 Å². The van der Waals surface area contributed by atoms with E-state index in [-0.39, 0.29) is 0 Å². The van der Waals surface area contributed by atoms with Crippen LogP contribution in [-0.4, -0.2) is 0 Å². The molecule has 2 heteroatoms. The standard InChI is InChI=1S/C49H36P2/c1-5-20-39(21-6-1)50(40-22-7-2-8-23-40)43-28-15-18-36(33-43)46-31-32-47-45-30-14-13-17-37(45)35-48(47)49(46)38-19-16-29-44(34-38)51(41-24-9-3-10-25-41)42-26-11-4-12-27-42/h1-34H,35H2. The maximum atomic E-state index is 2.48. The van der Waals surface area contributed by atoms with E-state index in [1.54, 1.807) is 0 Å². The predicted octanol–water partition coefficient (Wildman–Crippen LogP) is 10.1. The van der Waals surface area contributed by atoms with E-state index in [0.717, 1.165) is 6.42 Å². The largest absolute Gasteiger partial charge is 0.0622 e. The average molecular weight is 687 g/mol. The molecule has 0 aliphatic heterocycles. The fourth-order valence-corrected chi connectivity index (χ4v) is 12.3. The Morgan fingerprint density at radius 3 is 1.24 bits per heavy atom. The molecule has 8 aromatic rings. The van der Waals surface area contributed by atoms with Crippen LogP contribution in [0.25, 0.3) is 33.4 Å². The molecule has 0 fully saturated rings. The van der Waals surface area contributed by atoms with Crippen LogP contribution < -0.4 is 31.8 Å². The van der Waals surface area contributed by atoms with Gasteiger partial charge < -0.3 is 0 Å². The maximum Gasteiger partial charge on any atom is -0.000706 e. The number of fused-ring (bicyclic) bond motifs is 3. The summed E-state index contributed by atoms with van der Waals surface area (Å²) in [4.78, 5) is 0. The van der Waals surface area contributed by atoms with Crippen molar-refractivity contribution in [1.29, 1.82) is 0 Å². The molecule has 0 unspecified atom stereocenters. The Labute approximate surface area is 303 Å². The minimum atomic E-state index is -0.732. The Kier molecular flexibility index (Phi) is 8.73. The first kappa shape index (κ1) is 31.6. The molecule has 9 rings (SSSR count). The average Bonchev–Trinajstić information content (AvgIpc) is 3.59. The molecule has 1 aliphatic carbocycles. The molecule has 0 amide bonds. The summed E-state index contributed by atoms with van der Waals surface area (Å²) in [7, 11) is -1.45. The quantitative estimate of drug-likeness (QED) is 0.140. The summed E-state index contributed by atoms with van der Waals surface area (Å²) in [6.45, 7) is 0. The SMILES string of the molecule is c1ccc(P(c2ccccc2)c2cccc(-c3ccc4c(c3-c3cccc(P(c5ccccc5)c5ccccc5)c3)Cc3ccccc3-4)c2)cc1. The van der Waals surface area contributed by atoms with Gasteiger partial charge in [-0.3, -0.25) is 0 Å². The van der Waals surface area contributed by atoms with Crippen LogP contribution in [0.5, 0.6) is 0 Å². The highest BCUT2D eigenvalue weighted by Crippen LogP contribution is 2.47. The lowest BCUT2D eigenvalue weighted by molar-refractivity contribution is 1.26. The Hall–Kier alpha value is -5.38. The number of hydrogen-bond acceptors (Lipinski definition) is 0. The molecule has 0 saturated carbocycles. The van der Waals surface area contributed by atoms with Crippen molar-refractivity contribution < 1.29 is 0 Å². The second kappa shape index (κ2) is 14.1. The predicted molar refractivity (Wildman–Crippen MR) is 223 cm³/mol. The van der Waals surface area contributed by atoms with Gasteiger partial charge in [0, 0.05) is 0 Å². The first-order chi connectivity index (χ1) is 25.3. The minimum absolute atomic E-state index is 0.722. The zero-order valence-electron chi connectivity index (χ0n) is 28.2. The minimum Gasteiger partial charge on any atom is -0.0622 e. The van der Waals surface area contributed by atoms with Crippen molar-refractivity contribution in [2.24, 2.45) is 0 Å². The van der Waals surface area contributed by atoms with Gasteiger partial charge in [0.05, 0.1) is 0 Å². The van der Waals surface area contributed by atoms with Crippen LogP contribution >= 0.6 is 15.8 Å². The topological polar surface area (TPSA) is 0 Å². The lowest BCUT2D eigenvalue weighted by Crippen LogP contribution is -2.20. The summed E-state index contributed by atoms with van der Waals surface area (Å²) in [5, 5.41) is 8.19. The van der Waals surface area contributed by atoms with Gasteiger partial charge in [0.1, 0.15) is 0 Å². The van der Waals surface area contributed by atoms with E-state index in [4.69, 9.17) is 0 Å². The second-order valence-electron chi connectivity index (χ2n) is 13.0. The van der Waals surface area contributed by atoms with Crippen molar-refractivity contribution in [2.45, 2.75) is 6.42 Å². The highest BCUT2D eigenvalue weighted by molar-refractivity contribution is 7.80. The third kappa shape index (κ3) is 6.17. The first-order valence-corrected chi connectivity index (χ1v) is 20.3. The van der Waals surface area contributed by atoms with Crippen LogP contribution in [0.15, 0.2) is 206 Å². The molecule has 0 radical (unpaired) electrons. The fraction of sp³-hybridized carbons (Fsp3) is 0.0204. The normalized spacial score (nSPS) is 11.8. The van der Waals surface area contributed by atoms with E-state index in [0.29, 0.717) is 0 Å². The van der Waals surface area contributed by atoms with E-state index >= 15 is 0 Å². The van der Waals surface area contributed by atoms with Gasteiger partial charge in [-0.15, -0.1) is 0 Å². The molecular formula is C49H36P2. The summed E-state index contributed by atoms with van der Waals surface area (Å²) < 4.78 is 0. The molecule has 8 aromatic carbocycles. The smallest absolute Gasteiger partial charge is 0.000706 e. The highest BCUT2D eigenvalue weighted by Gasteiger charge is 2.26. The van der Waals surface area contributed by atoms with E-state index in [1.165, 1.54) is 76.3 Å². The molecule has 0 spiro atoms. The van der Waals surface area contributed by atoms with Gasteiger partial charge in [0.15, 0.2) is 0 Å². The van der Waals surface area contributed by atoms with Crippen LogP contribution in [-0.2, 0) is 6.42 Å². The van der Waals surface area contributed by atoms with Gasteiger partial charge in [0.25, 0.3) is 0 Å². The highest BCUT2D eigenvalue weighted by atomic mass is 31.1. The summed E-state index contributed by atoms with van der Waals surface area (Å²) in [6.07, 6.45) is 0.936. The third-order valence-corrected chi connectivity index (χ3v) is 14.7. The molecule has 0 heterocycles. The summed E-state index contributed by atoms with van der Waals surface area (Å²) in [5.41, 5.74) is 10.7. The summed E-state index contributed by atoms with van der Waals surface area (Å²) in [5.74, 6) is 0. The van der Waals surface area contributed by atoms with E-state index in [1.807, 2.05) is 0 Å². The second-order valence-corrected chi connectivity index (χ2v) is 17.4. The summed E-state index contributed by atoms with van der Waals surface area (Å²) in [6, 6.07) is 76.6. The number of rotatable bonds is 8. The third-order valence-electron chi connectivity index (χ3n) is 9.85. The van der Waals surface area contributed by atoms with Gasteiger partial charge in [0.2, 0.25) is 0 Å². The molecule has 0 aromatic heterocycles. The van der Waals surface area contributed by atoms with E-state index in [2.05, 4.69) is 206 Å². The van der Waals surface area contributed by atoms with Crippen LogP contribution in [0.4, 0.5) is 0 Å². The van der Waals surface area contributed by atoms with Crippen LogP contribution in [0, 0.1) is 0 Å². The van der Waals surface area contributed by atoms with Gasteiger partial charge >= 0.3 is 0 Å². The lowest BCUT2D eigenvalue weighted by atomic mass is 9.88. The fourth-order valence-electron chi connectivity index (χ4n) is 7.60. The number of benzene rings is 8. The summed E-state index contributed by atoms with van der Waals surface area (Å²) >= 11 is 0. The molecule has 1 aliphatic rings. The van der Waals surface area contributed by atoms with Gasteiger partial charge in [-0.1, -0.05) is 194 Å². The Morgan fingerprint density at radius 1 is 0.294 bits per heavy atom. The van der Waals surface area contributed by atoms with Crippen molar-refractivity contribution in [3.05, 3.63) is 217 Å². The van der Waals surface area contributed by atoms with Gasteiger partial charge in [-0.05, 0) is 111 Å². The molecule has 0 nitrogen and oxygen atoms in total. The van der Waals surface area contributed by atoms with Crippen LogP contribution in [0.1, 0.15) is 11.1 Å². The number of hydrogen-bond donors (Lipinski definition) is 0. The van der Waals surface area contributed by atoms with E-state index < -0.39 is 15.8 Å². The van der Waals surface area contributed by atoms with Crippen LogP contribution in [0.2, 0.25) is 0 Å². The van der Waals surface area contributed by atoms with Crippen LogP contribution in [0.3, 0.4) is 0 Å². The Morgan fingerprint density at radius 2 is 0.706 bits per heavy atom. The Balaban J connectivity index is 1.23. The zero-order chi connectivity index (χ0) is 34.0.